The second kappa shape index (κ2) is 5.77. The molecule has 0 amide bonds. The van der Waals surface area contributed by atoms with E-state index >= 15 is 0 Å². The molecule has 0 radical (unpaired) electrons. The average molecular weight is 335 g/mol. The molecule has 0 fully saturated rings. The van der Waals surface area contributed by atoms with Gasteiger partial charge in [-0.2, -0.15) is 0 Å². The lowest BCUT2D eigenvalue weighted by atomic mass is 9.86. The number of carboxylic acid groups (broad SMARTS) is 1. The van der Waals surface area contributed by atoms with Gasteiger partial charge in [-0.15, -0.1) is 0 Å². The van der Waals surface area contributed by atoms with Crippen LogP contribution < -0.4 is 0 Å². The number of phenolic OH excluding ortho intramolecular Hbond substituents is 1. The van der Waals surface area contributed by atoms with Crippen molar-refractivity contribution in [1.82, 2.24) is 4.57 Å². The maximum atomic E-state index is 13.1. The molecule has 1 aliphatic rings. The molecule has 25 heavy (non-hydrogen) atoms. The number of benzene rings is 2. The molecule has 1 aliphatic carbocycles. The van der Waals surface area contributed by atoms with E-state index in [4.69, 9.17) is 0 Å². The number of aromatic hydroxyl groups is 1. The molecule has 5 heteroatoms. The predicted octanol–water partition coefficient (Wildman–Crippen LogP) is 3.22. The number of nitrogens with zero attached hydrogens (tertiary/aromatic N) is 1. The summed E-state index contributed by atoms with van der Waals surface area (Å²) in [6.45, 7) is 0. The maximum absolute atomic E-state index is 13.1. The Kier molecular flexibility index (Phi) is 3.57. The molecule has 0 saturated heterocycles. The quantitative estimate of drug-likeness (QED) is 0.753. The lowest BCUT2D eigenvalue weighted by Gasteiger charge is -2.20. The van der Waals surface area contributed by atoms with Gasteiger partial charge in [-0.25, -0.2) is 0 Å². The molecule has 3 aromatic rings. The minimum absolute atomic E-state index is 0.111. The maximum Gasteiger partial charge on any atom is 0.306 e. The van der Waals surface area contributed by atoms with Crippen LogP contribution in [0.1, 0.15) is 28.0 Å². The molecular formula is C20H17NO4. The number of carboxylic acids is 1. The van der Waals surface area contributed by atoms with Crippen LogP contribution in [0.25, 0.3) is 10.9 Å². The first-order valence-corrected chi connectivity index (χ1v) is 8.24. The van der Waals surface area contributed by atoms with Crippen LogP contribution in [0.5, 0.6) is 5.75 Å². The highest BCUT2D eigenvalue weighted by atomic mass is 16.4. The fourth-order valence-electron chi connectivity index (χ4n) is 3.69. The minimum atomic E-state index is -0.785. The molecule has 0 aliphatic heterocycles. The number of hydrogen-bond acceptors (Lipinski definition) is 3. The number of fused-ring (bicyclic) bond motifs is 3. The number of hydrogen-bond donors (Lipinski definition) is 2. The van der Waals surface area contributed by atoms with Crippen LogP contribution in [0.2, 0.25) is 0 Å². The molecule has 0 bridgehead atoms. The first-order chi connectivity index (χ1) is 12.1. The van der Waals surface area contributed by atoms with Gasteiger partial charge in [-0.3, -0.25) is 14.2 Å². The number of carbonyl (C=O) groups excluding carboxylic acids is 1. The van der Waals surface area contributed by atoms with Gasteiger partial charge < -0.3 is 10.2 Å². The van der Waals surface area contributed by atoms with E-state index in [2.05, 4.69) is 0 Å². The van der Waals surface area contributed by atoms with Gasteiger partial charge in [0.1, 0.15) is 5.75 Å². The lowest BCUT2D eigenvalue weighted by molar-refractivity contribution is -0.142. The third-order valence-corrected chi connectivity index (χ3v) is 4.94. The molecule has 2 aromatic carbocycles. The standard InChI is InChI=1S/C20H17NO4/c22-14-8-5-12(6-9-14)19(23)21-17-4-2-1-3-15(17)16-11-13(20(24)25)7-10-18(16)21/h1-6,8-9,13,22H,7,10-11H2,(H,24,25). The Bertz CT molecular complexity index is 985. The van der Waals surface area contributed by atoms with Crippen LogP contribution in [0.15, 0.2) is 48.5 Å². The van der Waals surface area contributed by atoms with Crippen molar-refractivity contribution in [3.8, 4) is 5.75 Å². The molecular weight excluding hydrogens is 318 g/mol. The largest absolute Gasteiger partial charge is 0.508 e. The van der Waals surface area contributed by atoms with E-state index in [9.17, 15) is 19.8 Å². The van der Waals surface area contributed by atoms with Crippen molar-refractivity contribution in [2.75, 3.05) is 0 Å². The molecule has 1 atom stereocenters. The zero-order valence-electron chi connectivity index (χ0n) is 13.5. The van der Waals surface area contributed by atoms with Crippen molar-refractivity contribution in [3.05, 3.63) is 65.4 Å². The number of carbonyl (C=O) groups is 2. The fraction of sp³-hybridized carbons (Fsp3) is 0.200. The smallest absolute Gasteiger partial charge is 0.306 e. The Balaban J connectivity index is 1.89. The molecule has 1 heterocycles. The van der Waals surface area contributed by atoms with Crippen LogP contribution in [-0.4, -0.2) is 26.7 Å². The highest BCUT2D eigenvalue weighted by Crippen LogP contribution is 2.35. The van der Waals surface area contributed by atoms with E-state index < -0.39 is 11.9 Å². The molecule has 0 spiro atoms. The van der Waals surface area contributed by atoms with Crippen LogP contribution in [0.4, 0.5) is 0 Å². The molecule has 1 unspecified atom stereocenters. The molecule has 5 nitrogen and oxygen atoms in total. The number of aromatic nitrogens is 1. The van der Waals surface area contributed by atoms with E-state index in [0.717, 1.165) is 22.2 Å². The highest BCUT2D eigenvalue weighted by Gasteiger charge is 2.30. The summed E-state index contributed by atoms with van der Waals surface area (Å²) in [4.78, 5) is 24.5. The molecule has 1 aromatic heterocycles. The van der Waals surface area contributed by atoms with Crippen molar-refractivity contribution >= 4 is 22.8 Å². The fourth-order valence-corrected chi connectivity index (χ4v) is 3.69. The van der Waals surface area contributed by atoms with Crippen molar-refractivity contribution in [2.24, 2.45) is 5.92 Å². The van der Waals surface area contributed by atoms with Crippen molar-refractivity contribution in [3.63, 3.8) is 0 Å². The second-order valence-corrected chi connectivity index (χ2v) is 6.41. The summed E-state index contributed by atoms with van der Waals surface area (Å²) >= 11 is 0. The number of phenols is 1. The van der Waals surface area contributed by atoms with E-state index in [-0.39, 0.29) is 11.7 Å². The highest BCUT2D eigenvalue weighted by molar-refractivity contribution is 6.04. The van der Waals surface area contributed by atoms with Gasteiger partial charge in [-0.05, 0) is 55.2 Å². The van der Waals surface area contributed by atoms with Crippen molar-refractivity contribution in [2.45, 2.75) is 19.3 Å². The van der Waals surface area contributed by atoms with Gasteiger partial charge >= 0.3 is 5.97 Å². The number of rotatable bonds is 2. The lowest BCUT2D eigenvalue weighted by Crippen LogP contribution is -2.24. The summed E-state index contributed by atoms with van der Waals surface area (Å²) in [5, 5.41) is 19.7. The van der Waals surface area contributed by atoms with Gasteiger partial charge in [0.2, 0.25) is 0 Å². The van der Waals surface area contributed by atoms with Crippen LogP contribution in [0.3, 0.4) is 0 Å². The molecule has 0 saturated carbocycles. The Hall–Kier alpha value is -3.08. The SMILES string of the molecule is O=C(O)C1CCc2c(c3ccccc3n2C(=O)c2ccc(O)cc2)C1. The molecule has 4 rings (SSSR count). The molecule has 126 valence electrons. The Morgan fingerprint density at radius 1 is 1.04 bits per heavy atom. The zero-order valence-corrected chi connectivity index (χ0v) is 13.5. The topological polar surface area (TPSA) is 79.5 Å². The van der Waals surface area contributed by atoms with Crippen molar-refractivity contribution < 1.29 is 19.8 Å². The summed E-state index contributed by atoms with van der Waals surface area (Å²) in [5.74, 6) is -1.24. The zero-order chi connectivity index (χ0) is 17.6. The number of para-hydroxylation sites is 1. The average Bonchev–Trinajstić information content (AvgIpc) is 2.95. The monoisotopic (exact) mass is 335 g/mol. The van der Waals surface area contributed by atoms with Gasteiger partial charge in [0, 0.05) is 16.6 Å². The van der Waals surface area contributed by atoms with Gasteiger partial charge in [0.05, 0.1) is 11.4 Å². The Morgan fingerprint density at radius 2 is 1.76 bits per heavy atom. The summed E-state index contributed by atoms with van der Waals surface area (Å²) in [7, 11) is 0. The summed E-state index contributed by atoms with van der Waals surface area (Å²) < 4.78 is 1.70. The molecule has 2 N–H and O–H groups in total. The minimum Gasteiger partial charge on any atom is -0.508 e. The Morgan fingerprint density at radius 3 is 2.48 bits per heavy atom. The van der Waals surface area contributed by atoms with E-state index in [1.54, 1.807) is 16.7 Å². The van der Waals surface area contributed by atoms with Gasteiger partial charge in [-0.1, -0.05) is 18.2 Å². The summed E-state index contributed by atoms with van der Waals surface area (Å²) in [6, 6.07) is 13.8. The third kappa shape index (κ3) is 2.48. The van der Waals surface area contributed by atoms with E-state index in [0.29, 0.717) is 24.8 Å². The van der Waals surface area contributed by atoms with Crippen LogP contribution in [-0.2, 0) is 17.6 Å². The van der Waals surface area contributed by atoms with Gasteiger partial charge in [0.15, 0.2) is 0 Å². The summed E-state index contributed by atoms with van der Waals surface area (Å²) in [6.07, 6.45) is 1.54. The number of aliphatic carboxylic acids is 1. The second-order valence-electron chi connectivity index (χ2n) is 6.41. The van der Waals surface area contributed by atoms with E-state index in [1.807, 2.05) is 24.3 Å². The van der Waals surface area contributed by atoms with Crippen LogP contribution >= 0.6 is 0 Å². The van der Waals surface area contributed by atoms with Crippen molar-refractivity contribution in [1.29, 1.82) is 0 Å². The Labute approximate surface area is 144 Å². The first-order valence-electron chi connectivity index (χ1n) is 8.24. The van der Waals surface area contributed by atoms with Crippen LogP contribution in [0, 0.1) is 5.92 Å². The summed E-state index contributed by atoms with van der Waals surface area (Å²) in [5.41, 5.74) is 3.15. The first kappa shape index (κ1) is 15.4. The normalized spacial score (nSPS) is 16.6. The predicted molar refractivity (Wildman–Crippen MR) is 92.9 cm³/mol. The van der Waals surface area contributed by atoms with Gasteiger partial charge in [0.25, 0.3) is 5.91 Å². The third-order valence-electron chi connectivity index (χ3n) is 4.94. The van der Waals surface area contributed by atoms with E-state index in [1.165, 1.54) is 12.1 Å².